The monoisotopic (exact) mass is 286 g/mol. The highest BCUT2D eigenvalue weighted by Crippen LogP contribution is 2.16. The second-order valence-corrected chi connectivity index (χ2v) is 5.28. The summed E-state index contributed by atoms with van der Waals surface area (Å²) in [6.07, 6.45) is 2.04. The second kappa shape index (κ2) is 6.43. The van der Waals surface area contributed by atoms with Gasteiger partial charge in [0.1, 0.15) is 5.82 Å². The van der Waals surface area contributed by atoms with Crippen molar-refractivity contribution >= 4 is 11.7 Å². The molecular formula is C16H22N4O. The minimum absolute atomic E-state index is 0.0963. The number of carbonyl (C=O) groups is 1. The molecule has 1 heterocycles. The minimum atomic E-state index is -0.0963. The van der Waals surface area contributed by atoms with Crippen LogP contribution in [-0.2, 0) is 0 Å². The summed E-state index contributed by atoms with van der Waals surface area (Å²) in [7, 11) is 1.79. The van der Waals surface area contributed by atoms with Gasteiger partial charge >= 0.3 is 0 Å². The number of hydrogen-bond acceptors (Lipinski definition) is 3. The Labute approximate surface area is 125 Å². The summed E-state index contributed by atoms with van der Waals surface area (Å²) in [4.78, 5) is 14.0. The fourth-order valence-corrected chi connectivity index (χ4v) is 2.09. The Balaban J connectivity index is 2.22. The van der Waals surface area contributed by atoms with Gasteiger partial charge in [-0.2, -0.15) is 5.10 Å². The standard InChI is InChI=1S/C16H22N4O/c1-4-5-10-19(3)16(21)14-11-15(17)20(18-14)13-8-6-12(2)7-9-13/h6-9,11H,4-5,10,17H2,1-3H3. The second-order valence-electron chi connectivity index (χ2n) is 5.28. The first-order valence-corrected chi connectivity index (χ1v) is 7.21. The summed E-state index contributed by atoms with van der Waals surface area (Å²) >= 11 is 0. The van der Waals surface area contributed by atoms with Gasteiger partial charge in [-0.1, -0.05) is 31.0 Å². The van der Waals surface area contributed by atoms with E-state index in [2.05, 4.69) is 12.0 Å². The average Bonchev–Trinajstić information content (AvgIpc) is 2.86. The van der Waals surface area contributed by atoms with Gasteiger partial charge in [-0.25, -0.2) is 4.68 Å². The third kappa shape index (κ3) is 3.42. The largest absolute Gasteiger partial charge is 0.384 e. The fraction of sp³-hybridized carbons (Fsp3) is 0.375. The number of nitrogen functional groups attached to an aromatic ring is 1. The van der Waals surface area contributed by atoms with Crippen LogP contribution in [0.1, 0.15) is 35.8 Å². The Morgan fingerprint density at radius 3 is 2.62 bits per heavy atom. The summed E-state index contributed by atoms with van der Waals surface area (Å²) in [5.74, 6) is 0.368. The number of aryl methyl sites for hydroxylation is 1. The zero-order valence-corrected chi connectivity index (χ0v) is 12.8. The average molecular weight is 286 g/mol. The van der Waals surface area contributed by atoms with Crippen molar-refractivity contribution < 1.29 is 4.79 Å². The van der Waals surface area contributed by atoms with Crippen molar-refractivity contribution in [3.05, 3.63) is 41.6 Å². The van der Waals surface area contributed by atoms with Gasteiger partial charge in [-0.05, 0) is 25.5 Å². The molecule has 2 N–H and O–H groups in total. The number of aromatic nitrogens is 2. The van der Waals surface area contributed by atoms with Crippen LogP contribution in [0.2, 0.25) is 0 Å². The maximum absolute atomic E-state index is 12.3. The van der Waals surface area contributed by atoms with E-state index in [-0.39, 0.29) is 5.91 Å². The molecule has 0 saturated heterocycles. The van der Waals surface area contributed by atoms with Gasteiger partial charge in [-0.3, -0.25) is 4.79 Å². The highest BCUT2D eigenvalue weighted by Gasteiger charge is 2.17. The maximum Gasteiger partial charge on any atom is 0.274 e. The molecule has 0 aliphatic rings. The molecule has 112 valence electrons. The van der Waals surface area contributed by atoms with Gasteiger partial charge in [0.25, 0.3) is 5.91 Å². The molecule has 2 aromatic rings. The number of carbonyl (C=O) groups excluding carboxylic acids is 1. The minimum Gasteiger partial charge on any atom is -0.384 e. The van der Waals surface area contributed by atoms with Crippen LogP contribution >= 0.6 is 0 Å². The number of nitrogens with zero attached hydrogens (tertiary/aromatic N) is 3. The third-order valence-electron chi connectivity index (χ3n) is 3.43. The van der Waals surface area contributed by atoms with E-state index in [9.17, 15) is 4.79 Å². The molecule has 0 radical (unpaired) electrons. The van der Waals surface area contributed by atoms with Crippen LogP contribution in [0.3, 0.4) is 0 Å². The van der Waals surface area contributed by atoms with Crippen LogP contribution in [0.25, 0.3) is 5.69 Å². The van der Waals surface area contributed by atoms with Crippen molar-refractivity contribution in [3.63, 3.8) is 0 Å². The molecule has 5 heteroatoms. The molecule has 0 aliphatic heterocycles. The molecule has 0 spiro atoms. The van der Waals surface area contributed by atoms with Gasteiger partial charge in [-0.15, -0.1) is 0 Å². The Kier molecular flexibility index (Phi) is 4.62. The molecule has 2 rings (SSSR count). The van der Waals surface area contributed by atoms with Crippen LogP contribution in [0.5, 0.6) is 0 Å². The molecular weight excluding hydrogens is 264 g/mol. The van der Waals surface area contributed by atoms with Crippen molar-refractivity contribution in [2.24, 2.45) is 0 Å². The van der Waals surface area contributed by atoms with Crippen LogP contribution in [-0.4, -0.2) is 34.2 Å². The summed E-state index contributed by atoms with van der Waals surface area (Å²) in [6.45, 7) is 4.85. The van der Waals surface area contributed by atoms with Gasteiger partial charge in [0.2, 0.25) is 0 Å². The highest BCUT2D eigenvalue weighted by atomic mass is 16.2. The van der Waals surface area contributed by atoms with Crippen molar-refractivity contribution in [2.75, 3.05) is 19.3 Å². The Morgan fingerprint density at radius 1 is 1.33 bits per heavy atom. The summed E-state index contributed by atoms with van der Waals surface area (Å²) < 4.78 is 1.60. The third-order valence-corrected chi connectivity index (χ3v) is 3.43. The predicted octanol–water partition coefficient (Wildman–Crippen LogP) is 2.64. The lowest BCUT2D eigenvalue weighted by Gasteiger charge is -2.14. The van der Waals surface area contributed by atoms with Crippen molar-refractivity contribution in [2.45, 2.75) is 26.7 Å². The van der Waals surface area contributed by atoms with Gasteiger partial charge in [0, 0.05) is 19.7 Å². The number of hydrogen-bond donors (Lipinski definition) is 1. The first kappa shape index (κ1) is 15.1. The Morgan fingerprint density at radius 2 is 2.00 bits per heavy atom. The lowest BCUT2D eigenvalue weighted by molar-refractivity contribution is 0.0787. The van der Waals surface area contributed by atoms with E-state index in [0.717, 1.165) is 25.1 Å². The predicted molar refractivity (Wildman–Crippen MR) is 84.6 cm³/mol. The van der Waals surface area contributed by atoms with E-state index in [1.165, 1.54) is 5.56 Å². The highest BCUT2D eigenvalue weighted by molar-refractivity contribution is 5.93. The Bertz CT molecular complexity index is 616. The quantitative estimate of drug-likeness (QED) is 0.919. The first-order valence-electron chi connectivity index (χ1n) is 7.21. The molecule has 0 atom stereocenters. The maximum atomic E-state index is 12.3. The number of unbranched alkanes of at least 4 members (excludes halogenated alkanes) is 1. The van der Waals surface area contributed by atoms with E-state index in [1.807, 2.05) is 31.2 Å². The fourth-order valence-electron chi connectivity index (χ4n) is 2.09. The van der Waals surface area contributed by atoms with Crippen molar-refractivity contribution in [3.8, 4) is 5.69 Å². The molecule has 21 heavy (non-hydrogen) atoms. The molecule has 1 aromatic carbocycles. The lowest BCUT2D eigenvalue weighted by Crippen LogP contribution is -2.28. The molecule has 1 amide bonds. The summed E-state index contributed by atoms with van der Waals surface area (Å²) in [6, 6.07) is 9.49. The van der Waals surface area contributed by atoms with E-state index in [0.29, 0.717) is 11.5 Å². The molecule has 1 aromatic heterocycles. The molecule has 0 fully saturated rings. The van der Waals surface area contributed by atoms with Crippen LogP contribution in [0.4, 0.5) is 5.82 Å². The Hall–Kier alpha value is -2.30. The number of benzene rings is 1. The number of nitrogens with two attached hydrogens (primary N) is 1. The zero-order valence-electron chi connectivity index (χ0n) is 12.8. The molecule has 0 unspecified atom stereocenters. The first-order chi connectivity index (χ1) is 10.0. The van der Waals surface area contributed by atoms with Crippen LogP contribution in [0, 0.1) is 6.92 Å². The SMILES string of the molecule is CCCCN(C)C(=O)c1cc(N)n(-c2ccc(C)cc2)n1. The molecule has 5 nitrogen and oxygen atoms in total. The van der Waals surface area contributed by atoms with Crippen LogP contribution in [0.15, 0.2) is 30.3 Å². The lowest BCUT2D eigenvalue weighted by atomic mass is 10.2. The smallest absolute Gasteiger partial charge is 0.274 e. The topological polar surface area (TPSA) is 64.2 Å². The zero-order chi connectivity index (χ0) is 15.4. The van der Waals surface area contributed by atoms with Gasteiger partial charge < -0.3 is 10.6 Å². The van der Waals surface area contributed by atoms with E-state index < -0.39 is 0 Å². The molecule has 0 saturated carbocycles. The number of amides is 1. The number of rotatable bonds is 5. The normalized spacial score (nSPS) is 10.6. The van der Waals surface area contributed by atoms with Gasteiger partial charge in [0.15, 0.2) is 5.69 Å². The van der Waals surface area contributed by atoms with E-state index in [1.54, 1.807) is 22.7 Å². The van der Waals surface area contributed by atoms with Gasteiger partial charge in [0.05, 0.1) is 5.69 Å². The summed E-state index contributed by atoms with van der Waals surface area (Å²) in [5, 5.41) is 4.34. The van der Waals surface area contributed by atoms with Crippen molar-refractivity contribution in [1.29, 1.82) is 0 Å². The molecule has 0 bridgehead atoms. The van der Waals surface area contributed by atoms with E-state index >= 15 is 0 Å². The summed E-state index contributed by atoms with van der Waals surface area (Å²) in [5.41, 5.74) is 8.38. The van der Waals surface area contributed by atoms with Crippen molar-refractivity contribution in [1.82, 2.24) is 14.7 Å². The van der Waals surface area contributed by atoms with Crippen LogP contribution < -0.4 is 5.73 Å². The van der Waals surface area contributed by atoms with E-state index in [4.69, 9.17) is 5.73 Å². The molecule has 0 aliphatic carbocycles. The number of anilines is 1.